The number of phenols is 1. The number of allylic oxidation sites excluding steroid dienone is 2. The molecule has 1 aliphatic heterocycles. The largest absolute Gasteiger partial charge is 0.507 e. The number of amides is 1. The molecule has 50 heavy (non-hydrogen) atoms. The van der Waals surface area contributed by atoms with Gasteiger partial charge in [0.25, 0.3) is 0 Å². The Morgan fingerprint density at radius 3 is 2.30 bits per heavy atom. The van der Waals surface area contributed by atoms with E-state index in [-0.39, 0.29) is 48.7 Å². The summed E-state index contributed by atoms with van der Waals surface area (Å²) in [4.78, 5) is 43.9. The van der Waals surface area contributed by atoms with E-state index >= 15 is 4.39 Å². The molecule has 12 nitrogen and oxygen atoms in total. The normalized spacial score (nSPS) is 16.6. The molecule has 2 unspecified atom stereocenters. The number of nitrogens with one attached hydrogen (secondary N) is 1. The molecule has 3 atom stereocenters. The predicted octanol–water partition coefficient (Wildman–Crippen LogP) is 7.16. The Morgan fingerprint density at radius 1 is 1.16 bits per heavy atom. The minimum Gasteiger partial charge on any atom is -0.507 e. The van der Waals surface area contributed by atoms with Crippen molar-refractivity contribution < 1.29 is 28.6 Å². The molecule has 0 aliphatic carbocycles. The van der Waals surface area contributed by atoms with E-state index in [1.807, 2.05) is 34.6 Å². The van der Waals surface area contributed by atoms with Gasteiger partial charge >= 0.3 is 11.8 Å². The van der Waals surface area contributed by atoms with Crippen LogP contribution in [0.15, 0.2) is 41.7 Å². The molecule has 3 aromatic rings. The molecular formula is C36H47F2N7O5. The zero-order valence-corrected chi connectivity index (χ0v) is 29.9. The van der Waals surface area contributed by atoms with Crippen molar-refractivity contribution in [1.29, 1.82) is 0 Å². The number of aromatic nitrogens is 4. The summed E-state index contributed by atoms with van der Waals surface area (Å²) in [7, 11) is 0. The highest BCUT2D eigenvalue weighted by atomic mass is 19.1. The molecule has 0 radical (unpaired) electrons. The van der Waals surface area contributed by atoms with E-state index in [9.17, 15) is 24.3 Å². The molecule has 14 heteroatoms. The second-order valence-corrected chi connectivity index (χ2v) is 13.6. The van der Waals surface area contributed by atoms with E-state index in [0.29, 0.717) is 29.9 Å². The fraction of sp³-hybridized carbons (Fsp3) is 0.472. The van der Waals surface area contributed by atoms with Gasteiger partial charge in [-0.05, 0) is 58.7 Å². The number of phenolic OH excluding ortho intramolecular Hbond substituents is 1. The van der Waals surface area contributed by atoms with E-state index in [1.54, 1.807) is 25.7 Å². The van der Waals surface area contributed by atoms with E-state index < -0.39 is 52.0 Å². The molecule has 0 saturated carbocycles. The van der Waals surface area contributed by atoms with Gasteiger partial charge in [-0.15, -0.1) is 0 Å². The number of benzene rings is 1. The fourth-order valence-corrected chi connectivity index (χ4v) is 5.85. The lowest BCUT2D eigenvalue weighted by molar-refractivity contribution is 0.0218. The van der Waals surface area contributed by atoms with Gasteiger partial charge in [-0.3, -0.25) is 10.7 Å². The minimum atomic E-state index is -1.07. The molecule has 1 aromatic carbocycles. The minimum absolute atomic E-state index is 0.00752. The highest BCUT2D eigenvalue weighted by Crippen LogP contribution is 2.38. The van der Waals surface area contributed by atoms with E-state index in [0.717, 1.165) is 16.7 Å². The molecule has 2 aromatic heterocycles. The van der Waals surface area contributed by atoms with Crippen LogP contribution in [0.5, 0.6) is 5.75 Å². The molecule has 1 aliphatic rings. The summed E-state index contributed by atoms with van der Waals surface area (Å²) in [6.07, 6.45) is 3.24. The van der Waals surface area contributed by atoms with Crippen molar-refractivity contribution in [2.45, 2.75) is 91.7 Å². The zero-order chi connectivity index (χ0) is 37.1. The third-order valence-corrected chi connectivity index (χ3v) is 8.88. The van der Waals surface area contributed by atoms with Crippen LogP contribution in [0, 0.1) is 5.82 Å². The number of hydrogen-bond donors (Lipinski definition) is 3. The summed E-state index contributed by atoms with van der Waals surface area (Å²) < 4.78 is 37.8. The van der Waals surface area contributed by atoms with E-state index in [4.69, 9.17) is 4.74 Å². The first-order valence-corrected chi connectivity index (χ1v) is 16.8. The third kappa shape index (κ3) is 7.80. The molecule has 1 fully saturated rings. The van der Waals surface area contributed by atoms with Crippen molar-refractivity contribution in [1.82, 2.24) is 24.4 Å². The topological polar surface area (TPSA) is 146 Å². The van der Waals surface area contributed by atoms with Crippen molar-refractivity contribution >= 4 is 29.4 Å². The van der Waals surface area contributed by atoms with Gasteiger partial charge in [0.1, 0.15) is 41.0 Å². The highest BCUT2D eigenvalue weighted by Gasteiger charge is 2.34. The monoisotopic (exact) mass is 695 g/mol. The first-order valence-electron chi connectivity index (χ1n) is 16.8. The van der Waals surface area contributed by atoms with Crippen LogP contribution >= 0.6 is 0 Å². The number of rotatable bonds is 10. The van der Waals surface area contributed by atoms with Gasteiger partial charge in [0, 0.05) is 43.1 Å². The third-order valence-electron chi connectivity index (χ3n) is 8.88. The Balaban J connectivity index is 2.00. The average molecular weight is 696 g/mol. The summed E-state index contributed by atoms with van der Waals surface area (Å²) in [5.41, 5.74) is 0.976. The lowest BCUT2D eigenvalue weighted by atomic mass is 9.96. The van der Waals surface area contributed by atoms with Crippen molar-refractivity contribution in [3.8, 4) is 11.4 Å². The van der Waals surface area contributed by atoms with Crippen LogP contribution in [0.3, 0.4) is 0 Å². The van der Waals surface area contributed by atoms with Crippen LogP contribution in [0.1, 0.15) is 103 Å². The Morgan fingerprint density at radius 2 is 1.78 bits per heavy atom. The first-order chi connectivity index (χ1) is 23.5. The van der Waals surface area contributed by atoms with Crippen molar-refractivity contribution in [2.75, 3.05) is 30.0 Å². The Kier molecular flexibility index (Phi) is 11.7. The summed E-state index contributed by atoms with van der Waals surface area (Å²) in [6, 6.07) is 3.10. The van der Waals surface area contributed by atoms with Crippen LogP contribution < -0.4 is 16.1 Å². The number of ether oxygens (including phenoxy) is 1. The number of nitrogens with zero attached hydrogens (tertiary/aromatic N) is 6. The van der Waals surface area contributed by atoms with Crippen molar-refractivity contribution in [2.24, 2.45) is 0 Å². The molecule has 0 spiro atoms. The van der Waals surface area contributed by atoms with Gasteiger partial charge < -0.3 is 19.6 Å². The Labute approximate surface area is 291 Å². The predicted molar refractivity (Wildman–Crippen MR) is 189 cm³/mol. The first kappa shape index (κ1) is 38.0. The summed E-state index contributed by atoms with van der Waals surface area (Å²) in [5.74, 6) is -3.02. The van der Waals surface area contributed by atoms with Crippen LogP contribution in [-0.2, 0) is 4.74 Å². The Bertz CT molecular complexity index is 1790. The van der Waals surface area contributed by atoms with Crippen LogP contribution in [0.4, 0.5) is 25.2 Å². The van der Waals surface area contributed by atoms with E-state index in [1.165, 1.54) is 23.4 Å². The molecule has 1 amide bonds. The second-order valence-electron chi connectivity index (χ2n) is 13.6. The number of halogens is 2. The molecule has 3 heterocycles. The number of aromatic hydroxyl groups is 1. The average Bonchev–Trinajstić information content (AvgIpc) is 3.06. The fourth-order valence-electron chi connectivity index (χ4n) is 5.85. The van der Waals surface area contributed by atoms with Crippen LogP contribution in [0.2, 0.25) is 0 Å². The lowest BCUT2D eigenvalue weighted by Crippen LogP contribution is -2.55. The molecule has 1 saturated heterocycles. The summed E-state index contributed by atoms with van der Waals surface area (Å²) in [5, 5.41) is 21.2. The Hall–Kier alpha value is -4.85. The maximum absolute atomic E-state index is 16.3. The summed E-state index contributed by atoms with van der Waals surface area (Å²) >= 11 is 0. The number of hydrogen-bond acceptors (Lipinski definition) is 10. The van der Waals surface area contributed by atoms with Gasteiger partial charge in [-0.25, -0.2) is 32.9 Å². The standard InChI is InChI=1S/C36H47F2N7O5/c1-10-20(3)29-31(30(21(4)11-2)40-19-39-29)45-33(42-49)24(17-26(38)23(6)28-25(37)13-12-14-27(28)46)32(41-34(45)47)44-16-15-43(18-22(44)5)35(48)50-36(7,8)9/h12-14,17,19-22,42,46,49H,6,10-11,15-16,18H2,1-5,7-9H3/b26-17+/t20?,21?,22-/m0/s1. The zero-order valence-electron chi connectivity index (χ0n) is 29.9. The molecule has 0 bridgehead atoms. The maximum atomic E-state index is 16.3. The van der Waals surface area contributed by atoms with Gasteiger partial charge in [0.15, 0.2) is 0 Å². The van der Waals surface area contributed by atoms with Crippen LogP contribution in [-0.4, -0.2) is 72.1 Å². The molecular weight excluding hydrogens is 648 g/mol. The van der Waals surface area contributed by atoms with Crippen molar-refractivity contribution in [3.63, 3.8) is 0 Å². The number of carbonyl (C=O) groups excluding carboxylic acids is 1. The molecule has 4 rings (SSSR count). The van der Waals surface area contributed by atoms with Gasteiger partial charge in [-0.1, -0.05) is 40.3 Å². The quantitative estimate of drug-likeness (QED) is 0.147. The smallest absolute Gasteiger partial charge is 0.410 e. The van der Waals surface area contributed by atoms with Gasteiger partial charge in [0.05, 0.1) is 28.2 Å². The number of carbonyl (C=O) groups is 1. The molecule has 270 valence electrons. The van der Waals surface area contributed by atoms with Crippen molar-refractivity contribution in [3.05, 3.63) is 75.7 Å². The van der Waals surface area contributed by atoms with E-state index in [2.05, 4.69) is 27.0 Å². The SMILES string of the molecule is C=C(/C(F)=C\c1c(N2CCN(C(=O)OC(C)(C)C)C[C@@H]2C)nc(=O)n(-c2c(C(C)CC)ncnc2C(C)CC)c1NO)c1c(O)cccc1F. The maximum Gasteiger partial charge on any atom is 0.410 e. The summed E-state index contributed by atoms with van der Waals surface area (Å²) in [6.45, 7) is 19.2. The lowest BCUT2D eigenvalue weighted by Gasteiger charge is -2.41. The number of anilines is 2. The van der Waals surface area contributed by atoms with Gasteiger partial charge in [0.2, 0.25) is 0 Å². The second kappa shape index (κ2) is 15.4. The highest BCUT2D eigenvalue weighted by molar-refractivity contribution is 5.87. The van der Waals surface area contributed by atoms with Gasteiger partial charge in [-0.2, -0.15) is 4.98 Å². The molecule has 3 N–H and O–H groups in total. The number of piperazine rings is 1. The van der Waals surface area contributed by atoms with Crippen LogP contribution in [0.25, 0.3) is 17.3 Å².